The SMILES string of the molecule is C=CC=C(C=C)C(C=CC)=CC. The highest BCUT2D eigenvalue weighted by Gasteiger charge is 1.92. The van der Waals surface area contributed by atoms with Gasteiger partial charge in [0.2, 0.25) is 0 Å². The predicted molar refractivity (Wildman–Crippen MR) is 57.0 cm³/mol. The maximum atomic E-state index is 3.74. The van der Waals surface area contributed by atoms with E-state index in [1.54, 1.807) is 6.08 Å². The van der Waals surface area contributed by atoms with Gasteiger partial charge < -0.3 is 0 Å². The zero-order chi connectivity index (χ0) is 9.40. The second kappa shape index (κ2) is 6.41. The maximum absolute atomic E-state index is 3.74. The molecule has 0 atom stereocenters. The molecular formula is C12H16. The molecule has 0 aliphatic rings. The second-order valence-electron chi connectivity index (χ2n) is 2.31. The fourth-order valence-corrected chi connectivity index (χ4v) is 0.948. The lowest BCUT2D eigenvalue weighted by molar-refractivity contribution is 1.49. The Morgan fingerprint density at radius 3 is 2.08 bits per heavy atom. The molecule has 0 fully saturated rings. The van der Waals surface area contributed by atoms with Gasteiger partial charge in [-0.15, -0.1) is 0 Å². The van der Waals surface area contributed by atoms with Crippen molar-refractivity contribution in [3.8, 4) is 0 Å². The van der Waals surface area contributed by atoms with Crippen LogP contribution in [0.4, 0.5) is 0 Å². The standard InChI is InChI=1S/C12H16/c1-5-9-11(7-3)12(8-4)10-6-2/h5-10H,1,3H2,2,4H3. The highest BCUT2D eigenvalue weighted by molar-refractivity contribution is 5.46. The van der Waals surface area contributed by atoms with Crippen LogP contribution in [0.3, 0.4) is 0 Å². The highest BCUT2D eigenvalue weighted by Crippen LogP contribution is 2.12. The van der Waals surface area contributed by atoms with Crippen molar-refractivity contribution in [1.29, 1.82) is 0 Å². The first-order chi connectivity index (χ1) is 5.79. The Morgan fingerprint density at radius 2 is 1.75 bits per heavy atom. The molecule has 0 saturated heterocycles. The van der Waals surface area contributed by atoms with E-state index in [1.807, 2.05) is 32.1 Å². The maximum Gasteiger partial charge on any atom is -0.0194 e. The second-order valence-corrected chi connectivity index (χ2v) is 2.31. The lowest BCUT2D eigenvalue weighted by atomic mass is 10.1. The first-order valence-corrected chi connectivity index (χ1v) is 4.04. The minimum atomic E-state index is 1.10. The third kappa shape index (κ3) is 3.20. The van der Waals surface area contributed by atoms with Gasteiger partial charge in [-0.25, -0.2) is 0 Å². The Morgan fingerprint density at radius 1 is 1.08 bits per heavy atom. The van der Waals surface area contributed by atoms with Gasteiger partial charge in [-0.3, -0.25) is 0 Å². The zero-order valence-corrected chi connectivity index (χ0v) is 7.88. The van der Waals surface area contributed by atoms with Crippen molar-refractivity contribution >= 4 is 0 Å². The number of rotatable bonds is 4. The topological polar surface area (TPSA) is 0 Å². The summed E-state index contributed by atoms with van der Waals surface area (Å²) in [6.45, 7) is 11.4. The quantitative estimate of drug-likeness (QED) is 0.549. The van der Waals surface area contributed by atoms with E-state index in [-0.39, 0.29) is 0 Å². The molecule has 0 spiro atoms. The molecule has 0 aliphatic heterocycles. The fraction of sp³-hybridized carbons (Fsp3) is 0.167. The molecule has 0 aromatic rings. The molecule has 0 radical (unpaired) electrons. The largest absolute Gasteiger partial charge is 0.0990 e. The summed E-state index contributed by atoms with van der Waals surface area (Å²) in [6.07, 6.45) is 11.7. The average molecular weight is 160 g/mol. The van der Waals surface area contributed by atoms with E-state index >= 15 is 0 Å². The normalized spacial score (nSPS) is 13.5. The summed E-state index contributed by atoms with van der Waals surface area (Å²) in [4.78, 5) is 0. The summed E-state index contributed by atoms with van der Waals surface area (Å²) in [5.41, 5.74) is 2.28. The molecule has 0 heterocycles. The van der Waals surface area contributed by atoms with Gasteiger partial charge in [0.1, 0.15) is 0 Å². The van der Waals surface area contributed by atoms with Crippen LogP contribution < -0.4 is 0 Å². The molecule has 64 valence electrons. The van der Waals surface area contributed by atoms with Gasteiger partial charge >= 0.3 is 0 Å². The zero-order valence-electron chi connectivity index (χ0n) is 7.88. The average Bonchev–Trinajstić information content (AvgIpc) is 2.11. The molecule has 0 N–H and O–H groups in total. The summed E-state index contributed by atoms with van der Waals surface area (Å²) in [7, 11) is 0. The molecule has 0 rings (SSSR count). The summed E-state index contributed by atoms with van der Waals surface area (Å²) in [5.74, 6) is 0. The summed E-state index contributed by atoms with van der Waals surface area (Å²) in [5, 5.41) is 0. The van der Waals surface area contributed by atoms with Crippen LogP contribution in [0, 0.1) is 0 Å². The van der Waals surface area contributed by atoms with Crippen LogP contribution in [0.1, 0.15) is 13.8 Å². The van der Waals surface area contributed by atoms with Gasteiger partial charge in [-0.05, 0) is 25.0 Å². The molecule has 0 nitrogen and oxygen atoms in total. The van der Waals surface area contributed by atoms with E-state index in [4.69, 9.17) is 0 Å². The van der Waals surface area contributed by atoms with E-state index in [0.29, 0.717) is 0 Å². The van der Waals surface area contributed by atoms with Gasteiger partial charge in [0.25, 0.3) is 0 Å². The third-order valence-electron chi connectivity index (χ3n) is 1.51. The van der Waals surface area contributed by atoms with Gasteiger partial charge in [-0.2, -0.15) is 0 Å². The summed E-state index contributed by atoms with van der Waals surface area (Å²) >= 11 is 0. The molecule has 0 aliphatic carbocycles. The lowest BCUT2D eigenvalue weighted by Gasteiger charge is -2.00. The van der Waals surface area contributed by atoms with Gasteiger partial charge in [-0.1, -0.05) is 49.6 Å². The molecule has 0 heteroatoms. The first-order valence-electron chi connectivity index (χ1n) is 4.04. The smallest absolute Gasteiger partial charge is 0.0194 e. The molecule has 0 bridgehead atoms. The number of hydrogen-bond acceptors (Lipinski definition) is 0. The van der Waals surface area contributed by atoms with Crippen molar-refractivity contribution in [3.63, 3.8) is 0 Å². The van der Waals surface area contributed by atoms with Crippen LogP contribution in [-0.2, 0) is 0 Å². The van der Waals surface area contributed by atoms with Gasteiger partial charge in [0.15, 0.2) is 0 Å². The molecule has 0 amide bonds. The molecule has 12 heavy (non-hydrogen) atoms. The Balaban J connectivity index is 4.81. The van der Waals surface area contributed by atoms with E-state index in [0.717, 1.165) is 5.57 Å². The highest BCUT2D eigenvalue weighted by atomic mass is 14.0. The Bertz CT molecular complexity index is 237. The first kappa shape index (κ1) is 10.7. The monoisotopic (exact) mass is 160 g/mol. The van der Waals surface area contributed by atoms with E-state index in [2.05, 4.69) is 25.3 Å². The summed E-state index contributed by atoms with van der Waals surface area (Å²) in [6, 6.07) is 0. The number of hydrogen-bond donors (Lipinski definition) is 0. The summed E-state index contributed by atoms with van der Waals surface area (Å²) < 4.78 is 0. The van der Waals surface area contributed by atoms with E-state index < -0.39 is 0 Å². The Hall–Kier alpha value is -1.30. The molecule has 0 aromatic carbocycles. The molecule has 0 saturated carbocycles. The van der Waals surface area contributed by atoms with Crippen molar-refractivity contribution in [2.24, 2.45) is 0 Å². The minimum absolute atomic E-state index is 1.10. The van der Waals surface area contributed by atoms with E-state index in [9.17, 15) is 0 Å². The Labute approximate surface area is 75.3 Å². The van der Waals surface area contributed by atoms with Crippen LogP contribution >= 0.6 is 0 Å². The van der Waals surface area contributed by atoms with Crippen LogP contribution in [0.25, 0.3) is 0 Å². The minimum Gasteiger partial charge on any atom is -0.0990 e. The van der Waals surface area contributed by atoms with Crippen molar-refractivity contribution in [2.45, 2.75) is 13.8 Å². The van der Waals surface area contributed by atoms with Crippen LogP contribution in [0.2, 0.25) is 0 Å². The number of allylic oxidation sites excluding steroid dienone is 8. The Kier molecular flexibility index (Phi) is 5.72. The van der Waals surface area contributed by atoms with Gasteiger partial charge in [0, 0.05) is 0 Å². The van der Waals surface area contributed by atoms with E-state index in [1.165, 1.54) is 5.57 Å². The van der Waals surface area contributed by atoms with Crippen molar-refractivity contribution in [3.05, 3.63) is 60.8 Å². The van der Waals surface area contributed by atoms with Crippen molar-refractivity contribution in [1.82, 2.24) is 0 Å². The predicted octanol–water partition coefficient (Wildman–Crippen LogP) is 3.81. The molecular weight excluding hydrogens is 144 g/mol. The molecule has 0 aromatic heterocycles. The van der Waals surface area contributed by atoms with Crippen LogP contribution in [0.15, 0.2) is 60.8 Å². The molecule has 0 unspecified atom stereocenters. The fourth-order valence-electron chi connectivity index (χ4n) is 0.948. The third-order valence-corrected chi connectivity index (χ3v) is 1.51. The van der Waals surface area contributed by atoms with Crippen LogP contribution in [0.5, 0.6) is 0 Å². The van der Waals surface area contributed by atoms with Gasteiger partial charge in [0.05, 0.1) is 0 Å². The lowest BCUT2D eigenvalue weighted by Crippen LogP contribution is -1.80. The van der Waals surface area contributed by atoms with Crippen LogP contribution in [-0.4, -0.2) is 0 Å². The van der Waals surface area contributed by atoms with Crippen molar-refractivity contribution in [2.75, 3.05) is 0 Å². The van der Waals surface area contributed by atoms with Crippen molar-refractivity contribution < 1.29 is 0 Å².